The van der Waals surface area contributed by atoms with Crippen molar-refractivity contribution in [3.8, 4) is 11.5 Å². The lowest BCUT2D eigenvalue weighted by molar-refractivity contribution is 0.0947. The first-order valence-electron chi connectivity index (χ1n) is 6.71. The van der Waals surface area contributed by atoms with Crippen molar-refractivity contribution in [2.45, 2.75) is 0 Å². The second-order valence-corrected chi connectivity index (χ2v) is 4.66. The summed E-state index contributed by atoms with van der Waals surface area (Å²) in [6, 6.07) is 11.5. The average molecular weight is 308 g/mol. The highest BCUT2D eigenvalue weighted by molar-refractivity contribution is 5.95. The van der Waals surface area contributed by atoms with Gasteiger partial charge in [0.2, 0.25) is 0 Å². The molecule has 0 atom stereocenters. The minimum Gasteiger partial charge on any atom is -0.506 e. The van der Waals surface area contributed by atoms with Gasteiger partial charge in [-0.25, -0.2) is 15.4 Å². The number of hydrogen-bond donors (Lipinski definition) is 3. The van der Waals surface area contributed by atoms with Crippen molar-refractivity contribution in [1.29, 1.82) is 0 Å². The number of rotatable bonds is 3. The van der Waals surface area contributed by atoms with Gasteiger partial charge >= 0.3 is 0 Å². The van der Waals surface area contributed by atoms with Crippen molar-refractivity contribution >= 4 is 23.0 Å². The number of carbonyl (C=O) groups is 1. The van der Waals surface area contributed by atoms with Crippen molar-refractivity contribution < 1.29 is 15.0 Å². The third-order valence-corrected chi connectivity index (χ3v) is 3.08. The van der Waals surface area contributed by atoms with E-state index in [1.807, 2.05) is 6.07 Å². The van der Waals surface area contributed by atoms with Gasteiger partial charge in [0.15, 0.2) is 5.69 Å². The molecule has 114 valence electrons. The molecule has 0 radical (unpaired) electrons. The van der Waals surface area contributed by atoms with E-state index < -0.39 is 5.91 Å². The summed E-state index contributed by atoms with van der Waals surface area (Å²) in [5.41, 5.74) is 3.05. The smallest absolute Gasteiger partial charge is 0.293 e. The number of phenols is 1. The van der Waals surface area contributed by atoms with E-state index in [1.165, 1.54) is 24.5 Å². The highest BCUT2D eigenvalue weighted by atomic mass is 16.3. The molecule has 23 heavy (non-hydrogen) atoms. The number of para-hydroxylation sites is 1. The Morgan fingerprint density at radius 3 is 2.74 bits per heavy atom. The average Bonchev–Trinajstić information content (AvgIpc) is 2.56. The van der Waals surface area contributed by atoms with Gasteiger partial charge in [0.1, 0.15) is 17.0 Å². The van der Waals surface area contributed by atoms with Gasteiger partial charge in [0.25, 0.3) is 5.91 Å². The molecule has 0 spiro atoms. The first-order chi connectivity index (χ1) is 11.1. The Bertz CT molecular complexity index is 909. The predicted molar refractivity (Wildman–Crippen MR) is 84.4 cm³/mol. The SMILES string of the molecule is O=C(N/N=C/c1ccc2cccc(O)c2n1)c1ncccc1O. The number of phenolic OH excluding ortho intramolecular Hbond substituents is 1. The fourth-order valence-corrected chi connectivity index (χ4v) is 2.00. The number of benzene rings is 1. The molecule has 3 rings (SSSR count). The fraction of sp³-hybridized carbons (Fsp3) is 0. The molecule has 0 aliphatic carbocycles. The number of hydrogen-bond acceptors (Lipinski definition) is 6. The number of nitrogens with zero attached hydrogens (tertiary/aromatic N) is 3. The Morgan fingerprint density at radius 2 is 1.91 bits per heavy atom. The summed E-state index contributed by atoms with van der Waals surface area (Å²) in [5, 5.41) is 23.9. The lowest BCUT2D eigenvalue weighted by Gasteiger charge is -2.02. The highest BCUT2D eigenvalue weighted by Gasteiger charge is 2.10. The van der Waals surface area contributed by atoms with E-state index in [-0.39, 0.29) is 17.2 Å². The van der Waals surface area contributed by atoms with E-state index in [0.29, 0.717) is 11.2 Å². The van der Waals surface area contributed by atoms with E-state index >= 15 is 0 Å². The van der Waals surface area contributed by atoms with Crippen molar-refractivity contribution in [2.24, 2.45) is 5.10 Å². The van der Waals surface area contributed by atoms with Gasteiger partial charge in [-0.3, -0.25) is 4.79 Å². The van der Waals surface area contributed by atoms with E-state index in [1.54, 1.807) is 24.3 Å². The summed E-state index contributed by atoms with van der Waals surface area (Å²) in [6.07, 6.45) is 2.73. The number of amides is 1. The Morgan fingerprint density at radius 1 is 1.09 bits per heavy atom. The van der Waals surface area contributed by atoms with Crippen LogP contribution in [-0.2, 0) is 0 Å². The molecule has 0 saturated carbocycles. The number of aromatic nitrogens is 2. The van der Waals surface area contributed by atoms with E-state index in [0.717, 1.165) is 5.39 Å². The zero-order valence-corrected chi connectivity index (χ0v) is 11.8. The molecule has 0 fully saturated rings. The molecule has 0 unspecified atom stereocenters. The zero-order valence-electron chi connectivity index (χ0n) is 11.8. The largest absolute Gasteiger partial charge is 0.506 e. The van der Waals surface area contributed by atoms with Crippen molar-refractivity contribution in [3.63, 3.8) is 0 Å². The van der Waals surface area contributed by atoms with Crippen LogP contribution in [0.2, 0.25) is 0 Å². The van der Waals surface area contributed by atoms with Crippen molar-refractivity contribution in [3.05, 3.63) is 60.0 Å². The Labute approximate surface area is 131 Å². The molecule has 3 aromatic rings. The third-order valence-electron chi connectivity index (χ3n) is 3.08. The molecular formula is C16H12N4O3. The van der Waals surface area contributed by atoms with Gasteiger partial charge in [-0.2, -0.15) is 5.10 Å². The van der Waals surface area contributed by atoms with Gasteiger partial charge in [-0.05, 0) is 24.3 Å². The fourth-order valence-electron chi connectivity index (χ4n) is 2.00. The molecule has 1 amide bonds. The summed E-state index contributed by atoms with van der Waals surface area (Å²) in [5.74, 6) is -0.794. The Balaban J connectivity index is 1.77. The molecule has 0 saturated heterocycles. The van der Waals surface area contributed by atoms with Crippen molar-refractivity contribution in [2.75, 3.05) is 0 Å². The predicted octanol–water partition coefficient (Wildman–Crippen LogP) is 1.80. The first kappa shape index (κ1) is 14.5. The van der Waals surface area contributed by atoms with Gasteiger partial charge in [0.05, 0.1) is 11.9 Å². The van der Waals surface area contributed by atoms with Crippen LogP contribution < -0.4 is 5.43 Å². The topological polar surface area (TPSA) is 108 Å². The summed E-state index contributed by atoms with van der Waals surface area (Å²) >= 11 is 0. The quantitative estimate of drug-likeness (QED) is 0.505. The molecule has 0 aliphatic rings. The van der Waals surface area contributed by atoms with Gasteiger partial charge in [-0.1, -0.05) is 18.2 Å². The summed E-state index contributed by atoms with van der Waals surface area (Å²) in [4.78, 5) is 19.8. The van der Waals surface area contributed by atoms with Crippen LogP contribution in [0.15, 0.2) is 53.8 Å². The van der Waals surface area contributed by atoms with E-state index in [9.17, 15) is 15.0 Å². The minimum absolute atomic E-state index is 0.0696. The van der Waals surface area contributed by atoms with Crippen LogP contribution in [0.5, 0.6) is 11.5 Å². The Hall–Kier alpha value is -3.48. The van der Waals surface area contributed by atoms with Crippen LogP contribution in [0.4, 0.5) is 0 Å². The first-order valence-corrected chi connectivity index (χ1v) is 6.71. The highest BCUT2D eigenvalue weighted by Crippen LogP contribution is 2.21. The van der Waals surface area contributed by atoms with Gasteiger partial charge < -0.3 is 10.2 Å². The second kappa shape index (κ2) is 6.10. The van der Waals surface area contributed by atoms with Crippen molar-refractivity contribution in [1.82, 2.24) is 15.4 Å². The maximum atomic E-state index is 11.8. The number of nitrogens with one attached hydrogen (secondary N) is 1. The third kappa shape index (κ3) is 3.08. The molecular weight excluding hydrogens is 296 g/mol. The molecule has 7 nitrogen and oxygen atoms in total. The number of pyridine rings is 2. The maximum absolute atomic E-state index is 11.8. The van der Waals surface area contributed by atoms with Crippen LogP contribution >= 0.6 is 0 Å². The number of aromatic hydroxyl groups is 2. The molecule has 2 aromatic heterocycles. The monoisotopic (exact) mass is 308 g/mol. The summed E-state index contributed by atoms with van der Waals surface area (Å²) < 4.78 is 0. The van der Waals surface area contributed by atoms with E-state index in [2.05, 4.69) is 20.5 Å². The van der Waals surface area contributed by atoms with Gasteiger partial charge in [0, 0.05) is 11.6 Å². The molecule has 0 aliphatic heterocycles. The van der Waals surface area contributed by atoms with Gasteiger partial charge in [-0.15, -0.1) is 0 Å². The molecule has 2 heterocycles. The lowest BCUT2D eigenvalue weighted by Crippen LogP contribution is -2.19. The number of hydrazone groups is 1. The molecule has 3 N–H and O–H groups in total. The van der Waals surface area contributed by atoms with Crippen LogP contribution in [0, 0.1) is 0 Å². The molecule has 7 heteroatoms. The normalized spacial score (nSPS) is 11.0. The van der Waals surface area contributed by atoms with E-state index in [4.69, 9.17) is 0 Å². The summed E-state index contributed by atoms with van der Waals surface area (Å²) in [7, 11) is 0. The Kier molecular flexibility index (Phi) is 3.84. The molecule has 0 bridgehead atoms. The lowest BCUT2D eigenvalue weighted by atomic mass is 10.2. The van der Waals surface area contributed by atoms with Crippen LogP contribution in [0.1, 0.15) is 16.2 Å². The standard InChI is InChI=1S/C16H12N4O3/c21-12-4-1-3-10-6-7-11(19-14(10)12)9-18-20-16(23)15-13(22)5-2-8-17-15/h1-9,21-22H,(H,20,23)/b18-9+. The maximum Gasteiger partial charge on any atom is 0.293 e. The summed E-state index contributed by atoms with van der Waals surface area (Å²) in [6.45, 7) is 0. The number of carbonyl (C=O) groups excluding carboxylic acids is 1. The number of fused-ring (bicyclic) bond motifs is 1. The van der Waals surface area contributed by atoms with Crippen LogP contribution in [-0.4, -0.2) is 32.3 Å². The minimum atomic E-state index is -0.636. The molecule has 1 aromatic carbocycles. The second-order valence-electron chi connectivity index (χ2n) is 4.66. The van der Waals surface area contributed by atoms with Crippen LogP contribution in [0.25, 0.3) is 10.9 Å². The van der Waals surface area contributed by atoms with Crippen LogP contribution in [0.3, 0.4) is 0 Å². The zero-order chi connectivity index (χ0) is 16.2.